The van der Waals surface area contributed by atoms with E-state index < -0.39 is 85.5 Å². The molecule has 0 aromatic carbocycles. The van der Waals surface area contributed by atoms with Gasteiger partial charge in [-0.3, -0.25) is 27.7 Å². The van der Waals surface area contributed by atoms with E-state index in [1.54, 1.807) is 0 Å². The van der Waals surface area contributed by atoms with Gasteiger partial charge in [-0.05, 0) is 109 Å². The van der Waals surface area contributed by atoms with Crippen LogP contribution in [0.4, 0.5) is 0 Å². The van der Waals surface area contributed by atoms with Gasteiger partial charge in [0.25, 0.3) is 0 Å². The molecule has 0 aromatic heterocycles. The van der Waals surface area contributed by atoms with Gasteiger partial charge in [-0.1, -0.05) is 167 Å². The Labute approximate surface area is 444 Å². The van der Waals surface area contributed by atoms with Gasteiger partial charge in [0.1, 0.15) is 31.5 Å². The van der Waals surface area contributed by atoms with Crippen LogP contribution in [0.25, 0.3) is 0 Å². The summed E-state index contributed by atoms with van der Waals surface area (Å²) in [4.78, 5) is 43.9. The number of esters is 2. The monoisotopic (exact) mass is 1080 g/mol. The van der Waals surface area contributed by atoms with Crippen LogP contribution in [-0.2, 0) is 46.3 Å². The lowest BCUT2D eigenvalue weighted by atomic mass is 10.1. The van der Waals surface area contributed by atoms with E-state index in [1.165, 1.54) is 0 Å². The van der Waals surface area contributed by atoms with E-state index in [0.717, 1.165) is 116 Å². The van der Waals surface area contributed by atoms with Crippen molar-refractivity contribution in [3.05, 3.63) is 134 Å². The number of hydrogen-bond acceptors (Lipinski definition) is 13. The topological polar surface area (TPSA) is 225 Å². The third-order valence-corrected chi connectivity index (χ3v) is 12.0. The van der Waals surface area contributed by atoms with E-state index in [1.807, 2.05) is 0 Å². The number of carbonyl (C=O) groups excluding carboxylic acids is 2. The molecule has 0 heterocycles. The molecule has 0 fully saturated rings. The molecule has 5 N–H and O–H groups in total. The molecule has 15 nitrogen and oxygen atoms in total. The molecule has 420 valence electrons. The van der Waals surface area contributed by atoms with Crippen molar-refractivity contribution in [2.24, 2.45) is 0 Å². The second-order valence-corrected chi connectivity index (χ2v) is 20.0. The first-order valence-electron chi connectivity index (χ1n) is 26.5. The first kappa shape index (κ1) is 70.2. The number of unbranched alkanes of at least 4 members (excludes halogenated alkanes) is 7. The maximum Gasteiger partial charge on any atom is 0.472 e. The minimum atomic E-state index is -4.81. The molecular formula is C57H92O15P2. The highest BCUT2D eigenvalue weighted by Gasteiger charge is 2.28. The third kappa shape index (κ3) is 53.0. The highest BCUT2D eigenvalue weighted by Crippen LogP contribution is 2.45. The Kier molecular flexibility index (Phi) is 48.6. The number of aliphatic hydroxyl groups is 3. The number of phosphoric acid groups is 2. The standard InChI is InChI=1S/C57H92O15P2/c1-3-5-7-9-11-13-15-17-19-21-23-25-27-29-31-33-35-37-39-41-43-45-56(61)67-47-53(58)49-69-73(63,64)71-51-55(60)52-72-74(65,66)70-50-54(59)48-68-57(62)46-44-42-40-38-36-34-32-30-28-26-24-22-20-18-16-14-12-10-8-6-4-2/h5-8,11-14,17-20,23-26,29-32,35,37,53-55,58-60H,3-4,9-10,15-16,21-22,27-28,33-34,36,38-52H2,1-2H3,(H,63,64)(H,65,66)/b7-5-,8-6-,13-11-,14-12-,19-17-,20-18-,25-23-,26-24-,31-29-,32-30-,37-35-. The average Bonchev–Trinajstić information content (AvgIpc) is 3.38. The van der Waals surface area contributed by atoms with E-state index >= 15 is 0 Å². The Morgan fingerprint density at radius 1 is 0.351 bits per heavy atom. The zero-order valence-corrected chi connectivity index (χ0v) is 46.2. The largest absolute Gasteiger partial charge is 0.472 e. The third-order valence-electron chi connectivity index (χ3n) is 10.1. The lowest BCUT2D eigenvalue weighted by molar-refractivity contribution is -0.148. The Morgan fingerprint density at radius 2 is 0.581 bits per heavy atom. The summed E-state index contributed by atoms with van der Waals surface area (Å²) in [6, 6.07) is 0. The summed E-state index contributed by atoms with van der Waals surface area (Å²) in [6.07, 6.45) is 61.4. The molecular weight excluding hydrogens is 987 g/mol. The van der Waals surface area contributed by atoms with Crippen molar-refractivity contribution in [2.45, 2.75) is 173 Å². The number of rotatable bonds is 49. The van der Waals surface area contributed by atoms with Crippen LogP contribution in [0.3, 0.4) is 0 Å². The summed E-state index contributed by atoms with van der Waals surface area (Å²) in [5.74, 6) is -1.06. The molecule has 5 atom stereocenters. The lowest BCUT2D eigenvalue weighted by Crippen LogP contribution is -2.25. The van der Waals surface area contributed by atoms with Crippen LogP contribution >= 0.6 is 15.6 Å². The van der Waals surface area contributed by atoms with Crippen LogP contribution in [0.15, 0.2) is 134 Å². The SMILES string of the molecule is CC/C=C\C/C=C\C/C=C\C/C=C\C/C=C\C/C=C\CCCCC(=O)OCC(O)COP(=O)(O)OCC(O)COP(=O)(O)OCC(O)COC(=O)CCCCCCC/C=C\C/C=C\C/C=C\C/C=C\C/C=C\CC. The van der Waals surface area contributed by atoms with Crippen molar-refractivity contribution < 1.29 is 71.4 Å². The maximum atomic E-state index is 12.2. The molecule has 0 aliphatic rings. The molecule has 0 spiro atoms. The van der Waals surface area contributed by atoms with Crippen molar-refractivity contribution in [2.75, 3.05) is 39.6 Å². The molecule has 17 heteroatoms. The molecule has 0 saturated heterocycles. The van der Waals surface area contributed by atoms with Crippen molar-refractivity contribution in [1.29, 1.82) is 0 Å². The fraction of sp³-hybridized carbons (Fsp3) is 0.579. The minimum absolute atomic E-state index is 0.134. The molecule has 0 radical (unpaired) electrons. The van der Waals surface area contributed by atoms with Gasteiger partial charge in [0.05, 0.1) is 26.4 Å². The zero-order valence-electron chi connectivity index (χ0n) is 44.4. The fourth-order valence-electron chi connectivity index (χ4n) is 6.06. The van der Waals surface area contributed by atoms with Gasteiger partial charge >= 0.3 is 27.6 Å². The normalized spacial score (nSPS) is 15.8. The number of aliphatic hydroxyl groups excluding tert-OH is 3. The summed E-state index contributed by atoms with van der Waals surface area (Å²) >= 11 is 0. The smallest absolute Gasteiger partial charge is 0.463 e. The Bertz CT molecular complexity index is 1830. The second kappa shape index (κ2) is 51.3. The van der Waals surface area contributed by atoms with E-state index in [2.05, 4.69) is 166 Å². The van der Waals surface area contributed by atoms with Crippen LogP contribution in [-0.4, -0.2) is 95.0 Å². The summed E-state index contributed by atoms with van der Waals surface area (Å²) in [7, 11) is -9.62. The number of allylic oxidation sites excluding steroid dienone is 22. The van der Waals surface area contributed by atoms with E-state index in [-0.39, 0.29) is 12.8 Å². The maximum absolute atomic E-state index is 12.2. The van der Waals surface area contributed by atoms with Gasteiger partial charge in [-0.15, -0.1) is 0 Å². The number of hydrogen-bond donors (Lipinski definition) is 5. The lowest BCUT2D eigenvalue weighted by Gasteiger charge is -2.19. The first-order valence-corrected chi connectivity index (χ1v) is 29.5. The molecule has 0 aliphatic heterocycles. The van der Waals surface area contributed by atoms with Crippen molar-refractivity contribution in [3.8, 4) is 0 Å². The van der Waals surface area contributed by atoms with Gasteiger partial charge in [0.15, 0.2) is 0 Å². The van der Waals surface area contributed by atoms with Crippen molar-refractivity contribution in [3.63, 3.8) is 0 Å². The quantitative estimate of drug-likeness (QED) is 0.0165. The zero-order chi connectivity index (χ0) is 54.5. The predicted octanol–water partition coefficient (Wildman–Crippen LogP) is 13.2. The van der Waals surface area contributed by atoms with E-state index in [0.29, 0.717) is 12.8 Å². The fourth-order valence-corrected chi connectivity index (χ4v) is 7.65. The molecule has 5 unspecified atom stereocenters. The number of phosphoric ester groups is 2. The Hall–Kier alpha value is -3.82. The summed E-state index contributed by atoms with van der Waals surface area (Å²) < 4.78 is 53.1. The van der Waals surface area contributed by atoms with Crippen molar-refractivity contribution >= 4 is 27.6 Å². The summed E-state index contributed by atoms with van der Waals surface area (Å²) in [5.41, 5.74) is 0. The molecule has 0 aliphatic carbocycles. The first-order chi connectivity index (χ1) is 35.8. The summed E-state index contributed by atoms with van der Waals surface area (Å²) in [5, 5.41) is 30.1. The Morgan fingerprint density at radius 3 is 0.892 bits per heavy atom. The molecule has 0 bridgehead atoms. The molecule has 0 saturated carbocycles. The van der Waals surface area contributed by atoms with Crippen LogP contribution in [0, 0.1) is 0 Å². The molecule has 74 heavy (non-hydrogen) atoms. The van der Waals surface area contributed by atoms with Gasteiger partial charge in [0, 0.05) is 12.8 Å². The van der Waals surface area contributed by atoms with E-state index in [9.17, 15) is 43.8 Å². The molecule has 0 amide bonds. The van der Waals surface area contributed by atoms with E-state index in [4.69, 9.17) is 9.47 Å². The summed E-state index contributed by atoms with van der Waals surface area (Å²) in [6.45, 7) is 0.0902. The van der Waals surface area contributed by atoms with Gasteiger partial charge in [-0.25, -0.2) is 9.13 Å². The van der Waals surface area contributed by atoms with Crippen LogP contribution in [0.1, 0.15) is 155 Å². The van der Waals surface area contributed by atoms with Crippen molar-refractivity contribution in [1.82, 2.24) is 0 Å². The highest BCUT2D eigenvalue weighted by molar-refractivity contribution is 7.47. The predicted molar refractivity (Wildman–Crippen MR) is 297 cm³/mol. The van der Waals surface area contributed by atoms with Gasteiger partial charge in [-0.2, -0.15) is 0 Å². The van der Waals surface area contributed by atoms with Crippen LogP contribution < -0.4 is 0 Å². The molecule has 0 aromatic rings. The Balaban J connectivity index is 3.95. The highest BCUT2D eigenvalue weighted by atomic mass is 31.2. The van der Waals surface area contributed by atoms with Gasteiger partial charge in [0.2, 0.25) is 0 Å². The molecule has 0 rings (SSSR count). The van der Waals surface area contributed by atoms with Crippen LogP contribution in [0.2, 0.25) is 0 Å². The number of carbonyl (C=O) groups is 2. The van der Waals surface area contributed by atoms with Crippen LogP contribution in [0.5, 0.6) is 0 Å². The number of ether oxygens (including phenoxy) is 2. The van der Waals surface area contributed by atoms with Gasteiger partial charge < -0.3 is 34.6 Å². The average molecular weight is 1080 g/mol. The second-order valence-electron chi connectivity index (χ2n) is 17.1. The minimum Gasteiger partial charge on any atom is -0.463 e.